The van der Waals surface area contributed by atoms with Crippen molar-refractivity contribution in [2.75, 3.05) is 0 Å². The van der Waals surface area contributed by atoms with Crippen LogP contribution in [0.5, 0.6) is 0 Å². The number of hydrogen-bond donors (Lipinski definition) is 1. The van der Waals surface area contributed by atoms with Gasteiger partial charge in [-0.1, -0.05) is 30.3 Å². The van der Waals surface area contributed by atoms with E-state index in [1.165, 1.54) is 20.9 Å². The van der Waals surface area contributed by atoms with Gasteiger partial charge < -0.3 is 5.32 Å². The third-order valence-corrected chi connectivity index (χ3v) is 4.25. The summed E-state index contributed by atoms with van der Waals surface area (Å²) >= 11 is 1.89. The molecule has 0 spiro atoms. The van der Waals surface area contributed by atoms with Gasteiger partial charge in [0.1, 0.15) is 0 Å². The molecule has 0 radical (unpaired) electrons. The molecule has 0 bridgehead atoms. The van der Waals surface area contributed by atoms with Crippen LogP contribution in [0.3, 0.4) is 0 Å². The minimum absolute atomic E-state index is 0.402. The van der Waals surface area contributed by atoms with Crippen molar-refractivity contribution in [3.63, 3.8) is 0 Å². The molecule has 0 saturated heterocycles. The Morgan fingerprint density at radius 2 is 1.88 bits per heavy atom. The summed E-state index contributed by atoms with van der Waals surface area (Å²) in [6, 6.07) is 13.3. The van der Waals surface area contributed by atoms with Crippen molar-refractivity contribution in [2.24, 2.45) is 0 Å². The predicted octanol–water partition coefficient (Wildman–Crippen LogP) is 4.22. The Balaban J connectivity index is 1.94. The fraction of sp³-hybridized carbons (Fsp3) is 0.333. The van der Waals surface area contributed by atoms with Crippen LogP contribution in [0.15, 0.2) is 36.4 Å². The number of hydrogen-bond acceptors (Lipinski definition) is 2. The molecular weight excluding hydrogens is 226 g/mol. The van der Waals surface area contributed by atoms with E-state index >= 15 is 0 Å². The van der Waals surface area contributed by atoms with Gasteiger partial charge in [0.2, 0.25) is 0 Å². The average Bonchev–Trinajstić information content (AvgIpc) is 2.67. The first-order valence-electron chi connectivity index (χ1n) is 6.01. The first kappa shape index (κ1) is 12.3. The van der Waals surface area contributed by atoms with Gasteiger partial charge in [-0.2, -0.15) is 0 Å². The number of thiophene rings is 1. The second-order valence-electron chi connectivity index (χ2n) is 4.47. The summed E-state index contributed by atoms with van der Waals surface area (Å²) in [7, 11) is 0. The van der Waals surface area contributed by atoms with Crippen molar-refractivity contribution in [1.82, 2.24) is 5.32 Å². The van der Waals surface area contributed by atoms with Gasteiger partial charge in [-0.15, -0.1) is 11.3 Å². The van der Waals surface area contributed by atoms with Crippen LogP contribution in [-0.4, -0.2) is 0 Å². The molecule has 0 aliphatic carbocycles. The SMILES string of the molecule is Cc1cc(CNC(C)c2ccccc2)sc1C. The van der Waals surface area contributed by atoms with Crippen LogP contribution in [0.1, 0.15) is 33.8 Å². The van der Waals surface area contributed by atoms with Crippen LogP contribution in [0.4, 0.5) is 0 Å². The molecule has 1 atom stereocenters. The third-order valence-electron chi connectivity index (χ3n) is 3.10. The second kappa shape index (κ2) is 5.48. The Labute approximate surface area is 108 Å². The summed E-state index contributed by atoms with van der Waals surface area (Å²) in [6.45, 7) is 7.53. The van der Waals surface area contributed by atoms with Gasteiger partial charge in [-0.3, -0.25) is 0 Å². The number of rotatable bonds is 4. The fourth-order valence-electron chi connectivity index (χ4n) is 1.85. The molecule has 1 N–H and O–H groups in total. The molecular formula is C15H19NS. The van der Waals surface area contributed by atoms with Crippen molar-refractivity contribution < 1.29 is 0 Å². The average molecular weight is 245 g/mol. The first-order valence-corrected chi connectivity index (χ1v) is 6.82. The van der Waals surface area contributed by atoms with Gasteiger partial charge in [0, 0.05) is 22.3 Å². The molecule has 90 valence electrons. The quantitative estimate of drug-likeness (QED) is 0.850. The Bertz CT molecular complexity index is 453. The largest absolute Gasteiger partial charge is 0.305 e. The zero-order valence-corrected chi connectivity index (χ0v) is 11.5. The highest BCUT2D eigenvalue weighted by atomic mass is 32.1. The topological polar surface area (TPSA) is 12.0 Å². The molecule has 17 heavy (non-hydrogen) atoms. The summed E-state index contributed by atoms with van der Waals surface area (Å²) in [5.74, 6) is 0. The molecule has 1 aromatic carbocycles. The molecule has 0 saturated carbocycles. The lowest BCUT2D eigenvalue weighted by Gasteiger charge is -2.13. The molecule has 1 nitrogen and oxygen atoms in total. The van der Waals surface area contributed by atoms with E-state index in [4.69, 9.17) is 0 Å². The van der Waals surface area contributed by atoms with Crippen LogP contribution in [0.25, 0.3) is 0 Å². The molecule has 2 aromatic rings. The number of nitrogens with one attached hydrogen (secondary N) is 1. The van der Waals surface area contributed by atoms with Gasteiger partial charge in [-0.25, -0.2) is 0 Å². The first-order chi connectivity index (χ1) is 8.16. The monoisotopic (exact) mass is 245 g/mol. The van der Waals surface area contributed by atoms with Crippen LogP contribution in [0, 0.1) is 13.8 Å². The van der Waals surface area contributed by atoms with Crippen molar-refractivity contribution in [2.45, 2.75) is 33.4 Å². The van der Waals surface area contributed by atoms with E-state index in [-0.39, 0.29) is 0 Å². The molecule has 1 heterocycles. The predicted molar refractivity (Wildman–Crippen MR) is 75.5 cm³/mol. The zero-order chi connectivity index (χ0) is 12.3. The minimum atomic E-state index is 0.402. The maximum atomic E-state index is 3.57. The number of benzene rings is 1. The third kappa shape index (κ3) is 3.18. The van der Waals surface area contributed by atoms with Crippen molar-refractivity contribution in [3.05, 3.63) is 57.3 Å². The van der Waals surface area contributed by atoms with E-state index in [1.54, 1.807) is 0 Å². The highest BCUT2D eigenvalue weighted by Gasteiger charge is 2.06. The summed E-state index contributed by atoms with van der Waals surface area (Å²) in [6.07, 6.45) is 0. The number of aryl methyl sites for hydroxylation is 2. The van der Waals surface area contributed by atoms with Crippen molar-refractivity contribution in [1.29, 1.82) is 0 Å². The lowest BCUT2D eigenvalue weighted by molar-refractivity contribution is 0.579. The normalized spacial score (nSPS) is 12.6. The molecule has 0 aliphatic heterocycles. The maximum Gasteiger partial charge on any atom is 0.0305 e. The van der Waals surface area contributed by atoms with E-state index in [0.29, 0.717) is 6.04 Å². The van der Waals surface area contributed by atoms with Gasteiger partial charge >= 0.3 is 0 Å². The van der Waals surface area contributed by atoms with Crippen LogP contribution in [-0.2, 0) is 6.54 Å². The van der Waals surface area contributed by atoms with Crippen LogP contribution in [0.2, 0.25) is 0 Å². The highest BCUT2D eigenvalue weighted by Crippen LogP contribution is 2.21. The fourth-order valence-corrected chi connectivity index (χ4v) is 2.85. The molecule has 0 fully saturated rings. The van der Waals surface area contributed by atoms with E-state index in [0.717, 1.165) is 6.54 Å². The maximum absolute atomic E-state index is 3.57. The Morgan fingerprint density at radius 1 is 1.18 bits per heavy atom. The van der Waals surface area contributed by atoms with E-state index in [1.807, 2.05) is 11.3 Å². The Morgan fingerprint density at radius 3 is 2.47 bits per heavy atom. The minimum Gasteiger partial charge on any atom is -0.305 e. The van der Waals surface area contributed by atoms with E-state index in [9.17, 15) is 0 Å². The molecule has 1 unspecified atom stereocenters. The van der Waals surface area contributed by atoms with Gasteiger partial charge in [0.05, 0.1) is 0 Å². The lowest BCUT2D eigenvalue weighted by atomic mass is 10.1. The summed E-state index contributed by atoms with van der Waals surface area (Å²) in [5, 5.41) is 3.57. The smallest absolute Gasteiger partial charge is 0.0305 e. The zero-order valence-electron chi connectivity index (χ0n) is 10.7. The van der Waals surface area contributed by atoms with Crippen molar-refractivity contribution >= 4 is 11.3 Å². The van der Waals surface area contributed by atoms with E-state index < -0.39 is 0 Å². The molecule has 1 aromatic heterocycles. The van der Waals surface area contributed by atoms with Crippen LogP contribution < -0.4 is 5.32 Å². The highest BCUT2D eigenvalue weighted by molar-refractivity contribution is 7.12. The molecule has 2 rings (SSSR count). The lowest BCUT2D eigenvalue weighted by Crippen LogP contribution is -2.17. The molecule has 0 amide bonds. The van der Waals surface area contributed by atoms with Crippen LogP contribution >= 0.6 is 11.3 Å². The summed E-state index contributed by atoms with van der Waals surface area (Å²) in [4.78, 5) is 2.84. The molecule has 2 heteroatoms. The molecule has 0 aliphatic rings. The van der Waals surface area contributed by atoms with Crippen molar-refractivity contribution in [3.8, 4) is 0 Å². The van der Waals surface area contributed by atoms with Gasteiger partial charge in [-0.05, 0) is 38.0 Å². The summed E-state index contributed by atoms with van der Waals surface area (Å²) in [5.41, 5.74) is 2.75. The van der Waals surface area contributed by atoms with Gasteiger partial charge in [0.15, 0.2) is 0 Å². The Hall–Kier alpha value is -1.12. The Kier molecular flexibility index (Phi) is 3.97. The standard InChI is InChI=1S/C15H19NS/c1-11-9-15(17-13(11)3)10-16-12(2)14-7-5-4-6-8-14/h4-9,12,16H,10H2,1-3H3. The summed E-state index contributed by atoms with van der Waals surface area (Å²) < 4.78 is 0. The van der Waals surface area contributed by atoms with Gasteiger partial charge in [0.25, 0.3) is 0 Å². The second-order valence-corrected chi connectivity index (χ2v) is 5.81. The van der Waals surface area contributed by atoms with E-state index in [2.05, 4.69) is 62.5 Å².